The molecule has 1 aliphatic heterocycles. The van der Waals surface area contributed by atoms with E-state index in [2.05, 4.69) is 5.10 Å². The molecular weight excluding hydrogens is 216 g/mol. The third-order valence-electron chi connectivity index (χ3n) is 2.07. The van der Waals surface area contributed by atoms with Crippen LogP contribution in [0.1, 0.15) is 10.4 Å². The van der Waals surface area contributed by atoms with E-state index in [-0.39, 0.29) is 18.1 Å². The molecule has 1 aromatic rings. The summed E-state index contributed by atoms with van der Waals surface area (Å²) in [5, 5.41) is 12.8. The molecule has 0 bridgehead atoms. The normalized spacial score (nSPS) is 16.6. The molecule has 16 heavy (non-hydrogen) atoms. The Hall–Kier alpha value is -1.60. The van der Waals surface area contributed by atoms with Gasteiger partial charge in [0.2, 0.25) is 5.88 Å². The van der Waals surface area contributed by atoms with Gasteiger partial charge in [0.25, 0.3) is 0 Å². The van der Waals surface area contributed by atoms with Crippen molar-refractivity contribution in [3.8, 4) is 5.88 Å². The number of rotatable bonds is 4. The van der Waals surface area contributed by atoms with Gasteiger partial charge >= 0.3 is 5.97 Å². The number of hydrogen-bond acceptors (Lipinski definition) is 5. The Bertz CT molecular complexity index is 383. The van der Waals surface area contributed by atoms with E-state index in [1.807, 2.05) is 0 Å². The number of aromatic nitrogens is 2. The van der Waals surface area contributed by atoms with E-state index in [4.69, 9.17) is 19.3 Å². The lowest BCUT2D eigenvalue weighted by Crippen LogP contribution is -2.19. The van der Waals surface area contributed by atoms with Crippen molar-refractivity contribution in [1.82, 2.24) is 9.78 Å². The summed E-state index contributed by atoms with van der Waals surface area (Å²) in [6, 6.07) is 0. The zero-order chi connectivity index (χ0) is 11.5. The maximum atomic E-state index is 10.8. The lowest BCUT2D eigenvalue weighted by Gasteiger charge is -2.09. The van der Waals surface area contributed by atoms with E-state index >= 15 is 0 Å². The Morgan fingerprint density at radius 2 is 2.38 bits per heavy atom. The van der Waals surface area contributed by atoms with Gasteiger partial charge in [0.1, 0.15) is 12.2 Å². The first-order valence-corrected chi connectivity index (χ1v) is 4.80. The summed E-state index contributed by atoms with van der Waals surface area (Å²) in [5.41, 5.74) is 0.0282. The van der Waals surface area contributed by atoms with Gasteiger partial charge in [-0.3, -0.25) is 4.68 Å². The average Bonchev–Trinajstić information content (AvgIpc) is 2.83. The Balaban J connectivity index is 1.99. The molecule has 0 saturated carbocycles. The molecule has 0 aromatic carbocycles. The minimum Gasteiger partial charge on any atom is -0.477 e. The molecule has 1 fully saturated rings. The van der Waals surface area contributed by atoms with Crippen molar-refractivity contribution >= 4 is 5.97 Å². The lowest BCUT2D eigenvalue weighted by molar-refractivity contribution is -0.0694. The number of ether oxygens (including phenoxy) is 3. The molecule has 1 aliphatic rings. The topological polar surface area (TPSA) is 82.8 Å². The fourth-order valence-electron chi connectivity index (χ4n) is 1.37. The van der Waals surface area contributed by atoms with Crippen molar-refractivity contribution in [3.05, 3.63) is 11.8 Å². The second-order valence-corrected chi connectivity index (χ2v) is 3.31. The average molecular weight is 228 g/mol. The zero-order valence-electron chi connectivity index (χ0n) is 8.75. The summed E-state index contributed by atoms with van der Waals surface area (Å²) in [6.45, 7) is 1.20. The lowest BCUT2D eigenvalue weighted by atomic mass is 10.3. The Kier molecular flexibility index (Phi) is 3.07. The molecule has 0 amide bonds. The quantitative estimate of drug-likeness (QED) is 0.773. The van der Waals surface area contributed by atoms with Gasteiger partial charge in [-0.2, -0.15) is 0 Å². The highest BCUT2D eigenvalue weighted by Crippen LogP contribution is 2.16. The van der Waals surface area contributed by atoms with Crippen molar-refractivity contribution in [2.24, 2.45) is 7.05 Å². The van der Waals surface area contributed by atoms with E-state index in [1.54, 1.807) is 7.05 Å². The molecule has 1 saturated heterocycles. The van der Waals surface area contributed by atoms with Gasteiger partial charge in [0.15, 0.2) is 6.29 Å². The van der Waals surface area contributed by atoms with E-state index < -0.39 is 12.3 Å². The second kappa shape index (κ2) is 4.50. The smallest absolute Gasteiger partial charge is 0.342 e. The molecule has 0 spiro atoms. The van der Waals surface area contributed by atoms with Crippen LogP contribution in [0.15, 0.2) is 6.20 Å². The number of carbonyl (C=O) groups is 1. The molecular formula is C9H12N2O5. The predicted octanol–water partition coefficient (Wildman–Crippen LogP) is -0.130. The van der Waals surface area contributed by atoms with Crippen LogP contribution in [0, 0.1) is 0 Å². The number of hydrogen-bond donors (Lipinski definition) is 1. The van der Waals surface area contributed by atoms with Gasteiger partial charge in [0, 0.05) is 13.2 Å². The molecule has 1 N–H and O–H groups in total. The van der Waals surface area contributed by atoms with Crippen molar-refractivity contribution in [2.45, 2.75) is 6.29 Å². The number of carboxylic acid groups (broad SMARTS) is 1. The van der Waals surface area contributed by atoms with Gasteiger partial charge in [-0.05, 0) is 0 Å². The first-order chi connectivity index (χ1) is 7.66. The molecule has 2 heterocycles. The molecule has 7 heteroatoms. The Morgan fingerprint density at radius 1 is 1.69 bits per heavy atom. The summed E-state index contributed by atoms with van der Waals surface area (Å²) in [6.07, 6.45) is 0.942. The highest BCUT2D eigenvalue weighted by atomic mass is 16.7. The van der Waals surface area contributed by atoms with Crippen LogP contribution in [0.2, 0.25) is 0 Å². The molecule has 0 aliphatic carbocycles. The van der Waals surface area contributed by atoms with Crippen LogP contribution in [0.3, 0.4) is 0 Å². The van der Waals surface area contributed by atoms with Crippen molar-refractivity contribution < 1.29 is 24.1 Å². The Morgan fingerprint density at radius 3 is 3.00 bits per heavy atom. The van der Waals surface area contributed by atoms with Crippen LogP contribution in [0.25, 0.3) is 0 Å². The third kappa shape index (κ3) is 2.31. The van der Waals surface area contributed by atoms with E-state index in [0.717, 1.165) is 0 Å². The zero-order valence-corrected chi connectivity index (χ0v) is 8.75. The fourth-order valence-corrected chi connectivity index (χ4v) is 1.37. The van der Waals surface area contributed by atoms with Crippen LogP contribution < -0.4 is 4.74 Å². The second-order valence-electron chi connectivity index (χ2n) is 3.31. The van der Waals surface area contributed by atoms with Crippen molar-refractivity contribution in [3.63, 3.8) is 0 Å². The number of aromatic carboxylic acids is 1. The van der Waals surface area contributed by atoms with E-state index in [0.29, 0.717) is 13.2 Å². The fraction of sp³-hybridized carbons (Fsp3) is 0.556. The van der Waals surface area contributed by atoms with Crippen LogP contribution in [0.4, 0.5) is 0 Å². The van der Waals surface area contributed by atoms with Crippen molar-refractivity contribution in [1.29, 1.82) is 0 Å². The first-order valence-electron chi connectivity index (χ1n) is 4.80. The van der Waals surface area contributed by atoms with Gasteiger partial charge in [0.05, 0.1) is 13.2 Å². The highest BCUT2D eigenvalue weighted by molar-refractivity contribution is 5.89. The maximum Gasteiger partial charge on any atom is 0.342 e. The molecule has 0 unspecified atom stereocenters. The van der Waals surface area contributed by atoms with Crippen molar-refractivity contribution in [2.75, 3.05) is 19.8 Å². The van der Waals surface area contributed by atoms with Crippen LogP contribution in [-0.2, 0) is 16.5 Å². The van der Waals surface area contributed by atoms with E-state index in [9.17, 15) is 4.79 Å². The van der Waals surface area contributed by atoms with Crippen LogP contribution >= 0.6 is 0 Å². The minimum atomic E-state index is -1.07. The van der Waals surface area contributed by atoms with Gasteiger partial charge < -0.3 is 19.3 Å². The molecule has 0 atom stereocenters. The SMILES string of the molecule is Cn1cc(C(=O)O)c(OCC2OCCO2)n1. The molecule has 0 radical (unpaired) electrons. The minimum absolute atomic E-state index is 0.0282. The Labute approximate surface area is 91.5 Å². The standard InChI is InChI=1S/C9H12N2O5/c1-11-4-6(9(12)13)8(10-11)16-5-7-14-2-3-15-7/h4,7H,2-3,5H2,1H3,(H,12,13). The summed E-state index contributed by atoms with van der Waals surface area (Å²) in [7, 11) is 1.63. The highest BCUT2D eigenvalue weighted by Gasteiger charge is 2.20. The third-order valence-corrected chi connectivity index (χ3v) is 2.07. The monoisotopic (exact) mass is 228 g/mol. The molecule has 2 rings (SSSR count). The van der Waals surface area contributed by atoms with E-state index in [1.165, 1.54) is 10.9 Å². The van der Waals surface area contributed by atoms with Gasteiger partial charge in [-0.25, -0.2) is 4.79 Å². The number of aryl methyl sites for hydroxylation is 1. The first kappa shape index (κ1) is 10.9. The molecule has 88 valence electrons. The van der Waals surface area contributed by atoms with Gasteiger partial charge in [-0.1, -0.05) is 0 Å². The summed E-state index contributed by atoms with van der Waals surface area (Å²) in [4.78, 5) is 10.8. The number of carboxylic acids is 1. The number of nitrogens with zero attached hydrogens (tertiary/aromatic N) is 2. The van der Waals surface area contributed by atoms with Gasteiger partial charge in [-0.15, -0.1) is 5.10 Å². The maximum absolute atomic E-state index is 10.8. The summed E-state index contributed by atoms with van der Waals surface area (Å²) in [5.74, 6) is -0.995. The molecule has 7 nitrogen and oxygen atoms in total. The summed E-state index contributed by atoms with van der Waals surface area (Å²) < 4.78 is 16.9. The van der Waals surface area contributed by atoms with Crippen LogP contribution in [-0.4, -0.2) is 47.0 Å². The predicted molar refractivity (Wildman–Crippen MR) is 51.4 cm³/mol. The molecule has 1 aromatic heterocycles. The van der Waals surface area contributed by atoms with Crippen LogP contribution in [0.5, 0.6) is 5.88 Å². The summed E-state index contributed by atoms with van der Waals surface area (Å²) >= 11 is 0. The largest absolute Gasteiger partial charge is 0.477 e.